The highest BCUT2D eigenvalue weighted by atomic mass is 16.5. The summed E-state index contributed by atoms with van der Waals surface area (Å²) in [5.74, 6) is -0.418. The fourth-order valence-corrected chi connectivity index (χ4v) is 2.00. The molecule has 5 nitrogen and oxygen atoms in total. The number of nitrogens with one attached hydrogen (secondary N) is 1. The van der Waals surface area contributed by atoms with E-state index >= 15 is 0 Å². The van der Waals surface area contributed by atoms with Crippen LogP contribution in [-0.4, -0.2) is 36.7 Å². The van der Waals surface area contributed by atoms with Crippen molar-refractivity contribution >= 4 is 11.9 Å². The SMILES string of the molecule is CC(C)CCC(=O)NCC1(C(=O)O)CCOCC1. The largest absolute Gasteiger partial charge is 0.481 e. The van der Waals surface area contributed by atoms with Crippen LogP contribution in [-0.2, 0) is 14.3 Å². The number of carbonyl (C=O) groups is 2. The number of carbonyl (C=O) groups excluding carboxylic acids is 1. The zero-order chi connectivity index (χ0) is 13.6. The Morgan fingerprint density at radius 3 is 2.44 bits per heavy atom. The third-order valence-electron chi connectivity index (χ3n) is 3.48. The van der Waals surface area contributed by atoms with Crippen LogP contribution in [0.25, 0.3) is 0 Å². The van der Waals surface area contributed by atoms with Crippen LogP contribution in [0.2, 0.25) is 0 Å². The molecule has 1 amide bonds. The summed E-state index contributed by atoms with van der Waals surface area (Å²) in [6.45, 7) is 5.24. The number of hydrogen-bond donors (Lipinski definition) is 2. The van der Waals surface area contributed by atoms with Crippen molar-refractivity contribution in [1.29, 1.82) is 0 Å². The molecule has 1 aliphatic heterocycles. The zero-order valence-corrected chi connectivity index (χ0v) is 11.2. The Morgan fingerprint density at radius 1 is 1.33 bits per heavy atom. The van der Waals surface area contributed by atoms with Gasteiger partial charge in [0, 0.05) is 26.2 Å². The van der Waals surface area contributed by atoms with E-state index in [0.29, 0.717) is 38.4 Å². The number of amides is 1. The molecule has 1 rings (SSSR count). The molecule has 0 radical (unpaired) electrons. The van der Waals surface area contributed by atoms with Crippen molar-refractivity contribution in [1.82, 2.24) is 5.32 Å². The van der Waals surface area contributed by atoms with Crippen molar-refractivity contribution in [2.75, 3.05) is 19.8 Å². The molecule has 0 spiro atoms. The summed E-state index contributed by atoms with van der Waals surface area (Å²) in [6, 6.07) is 0. The summed E-state index contributed by atoms with van der Waals surface area (Å²) >= 11 is 0. The molecular formula is C13H23NO4. The van der Waals surface area contributed by atoms with Crippen molar-refractivity contribution in [3.63, 3.8) is 0 Å². The molecule has 0 unspecified atom stereocenters. The predicted octanol–water partition coefficient (Wildman–Crippen LogP) is 1.42. The minimum absolute atomic E-state index is 0.0594. The zero-order valence-electron chi connectivity index (χ0n) is 11.2. The maximum atomic E-state index is 11.6. The third kappa shape index (κ3) is 4.29. The Kier molecular flexibility index (Phi) is 5.59. The smallest absolute Gasteiger partial charge is 0.311 e. The van der Waals surface area contributed by atoms with Gasteiger partial charge < -0.3 is 15.2 Å². The highest BCUT2D eigenvalue weighted by Crippen LogP contribution is 2.30. The van der Waals surface area contributed by atoms with Crippen LogP contribution in [0.4, 0.5) is 0 Å². The standard InChI is InChI=1S/C13H23NO4/c1-10(2)3-4-11(15)14-9-13(12(16)17)5-7-18-8-6-13/h10H,3-9H2,1-2H3,(H,14,15)(H,16,17). The van der Waals surface area contributed by atoms with Gasteiger partial charge in [0.15, 0.2) is 0 Å². The molecule has 1 saturated heterocycles. The van der Waals surface area contributed by atoms with E-state index in [1.807, 2.05) is 0 Å². The molecule has 0 aromatic heterocycles. The normalized spacial score (nSPS) is 18.6. The van der Waals surface area contributed by atoms with E-state index in [1.165, 1.54) is 0 Å². The Bertz CT molecular complexity index is 295. The molecule has 0 aromatic rings. The maximum Gasteiger partial charge on any atom is 0.311 e. The molecule has 0 atom stereocenters. The van der Waals surface area contributed by atoms with E-state index in [4.69, 9.17) is 4.74 Å². The minimum Gasteiger partial charge on any atom is -0.481 e. The molecule has 1 aliphatic rings. The van der Waals surface area contributed by atoms with Crippen molar-refractivity contribution < 1.29 is 19.4 Å². The number of ether oxygens (including phenoxy) is 1. The van der Waals surface area contributed by atoms with Gasteiger partial charge in [0.1, 0.15) is 0 Å². The lowest BCUT2D eigenvalue weighted by Gasteiger charge is -2.33. The number of hydrogen-bond acceptors (Lipinski definition) is 3. The molecule has 1 heterocycles. The van der Waals surface area contributed by atoms with Crippen LogP contribution >= 0.6 is 0 Å². The van der Waals surface area contributed by atoms with Gasteiger partial charge in [-0.2, -0.15) is 0 Å². The van der Waals surface area contributed by atoms with Gasteiger partial charge in [0.25, 0.3) is 0 Å². The van der Waals surface area contributed by atoms with E-state index in [1.54, 1.807) is 0 Å². The van der Waals surface area contributed by atoms with Crippen LogP contribution in [0.15, 0.2) is 0 Å². The molecule has 2 N–H and O–H groups in total. The predicted molar refractivity (Wildman–Crippen MR) is 67.2 cm³/mol. The molecule has 0 aliphatic carbocycles. The lowest BCUT2D eigenvalue weighted by Crippen LogP contribution is -2.46. The lowest BCUT2D eigenvalue weighted by molar-refractivity contribution is -0.154. The van der Waals surface area contributed by atoms with E-state index < -0.39 is 11.4 Å². The topological polar surface area (TPSA) is 75.6 Å². The fourth-order valence-electron chi connectivity index (χ4n) is 2.00. The van der Waals surface area contributed by atoms with Crippen molar-refractivity contribution in [2.45, 2.75) is 39.5 Å². The van der Waals surface area contributed by atoms with Crippen LogP contribution < -0.4 is 5.32 Å². The van der Waals surface area contributed by atoms with E-state index in [9.17, 15) is 14.7 Å². The van der Waals surface area contributed by atoms with Gasteiger partial charge in [0.2, 0.25) is 5.91 Å². The molecule has 5 heteroatoms. The first-order valence-electron chi connectivity index (χ1n) is 6.54. The summed E-state index contributed by atoms with van der Waals surface area (Å²) < 4.78 is 5.18. The average molecular weight is 257 g/mol. The Morgan fingerprint density at radius 2 is 1.94 bits per heavy atom. The van der Waals surface area contributed by atoms with Crippen LogP contribution in [0.3, 0.4) is 0 Å². The second kappa shape index (κ2) is 6.73. The summed E-state index contributed by atoms with van der Waals surface area (Å²) in [4.78, 5) is 23.0. The van der Waals surface area contributed by atoms with Crippen molar-refractivity contribution in [3.05, 3.63) is 0 Å². The van der Waals surface area contributed by atoms with Crippen LogP contribution in [0.1, 0.15) is 39.5 Å². The molecule has 0 saturated carbocycles. The highest BCUT2D eigenvalue weighted by molar-refractivity contribution is 5.79. The first-order chi connectivity index (χ1) is 8.46. The second-order valence-electron chi connectivity index (χ2n) is 5.41. The Labute approximate surface area is 108 Å². The second-order valence-corrected chi connectivity index (χ2v) is 5.41. The Balaban J connectivity index is 2.42. The van der Waals surface area contributed by atoms with Gasteiger partial charge in [0.05, 0.1) is 5.41 Å². The monoisotopic (exact) mass is 257 g/mol. The van der Waals surface area contributed by atoms with Crippen molar-refractivity contribution in [3.8, 4) is 0 Å². The molecular weight excluding hydrogens is 234 g/mol. The van der Waals surface area contributed by atoms with Gasteiger partial charge in [-0.25, -0.2) is 0 Å². The number of carboxylic acids is 1. The van der Waals surface area contributed by atoms with Crippen LogP contribution in [0.5, 0.6) is 0 Å². The molecule has 0 aromatic carbocycles. The summed E-state index contributed by atoms with van der Waals surface area (Å²) in [6.07, 6.45) is 2.22. The minimum atomic E-state index is -0.842. The first-order valence-corrected chi connectivity index (χ1v) is 6.54. The first kappa shape index (κ1) is 15.0. The molecule has 1 fully saturated rings. The molecule has 18 heavy (non-hydrogen) atoms. The summed E-state index contributed by atoms with van der Waals surface area (Å²) in [5.41, 5.74) is -0.842. The lowest BCUT2D eigenvalue weighted by atomic mass is 9.80. The quantitative estimate of drug-likeness (QED) is 0.754. The highest BCUT2D eigenvalue weighted by Gasteiger charge is 2.40. The van der Waals surface area contributed by atoms with Gasteiger partial charge in [-0.05, 0) is 25.2 Å². The van der Waals surface area contributed by atoms with E-state index in [2.05, 4.69) is 19.2 Å². The molecule has 0 bridgehead atoms. The average Bonchev–Trinajstić information content (AvgIpc) is 2.34. The number of carboxylic acid groups (broad SMARTS) is 1. The van der Waals surface area contributed by atoms with E-state index in [-0.39, 0.29) is 12.5 Å². The van der Waals surface area contributed by atoms with Gasteiger partial charge in [-0.15, -0.1) is 0 Å². The van der Waals surface area contributed by atoms with Gasteiger partial charge >= 0.3 is 5.97 Å². The number of rotatable bonds is 6. The van der Waals surface area contributed by atoms with Gasteiger partial charge in [-0.3, -0.25) is 9.59 Å². The summed E-state index contributed by atoms with van der Waals surface area (Å²) in [5, 5.41) is 12.1. The maximum absolute atomic E-state index is 11.6. The van der Waals surface area contributed by atoms with E-state index in [0.717, 1.165) is 6.42 Å². The summed E-state index contributed by atoms with van der Waals surface area (Å²) in [7, 11) is 0. The van der Waals surface area contributed by atoms with Crippen LogP contribution in [0, 0.1) is 11.3 Å². The Hall–Kier alpha value is -1.10. The van der Waals surface area contributed by atoms with Gasteiger partial charge in [-0.1, -0.05) is 13.8 Å². The fraction of sp³-hybridized carbons (Fsp3) is 0.846. The number of aliphatic carboxylic acids is 1. The van der Waals surface area contributed by atoms with Crippen molar-refractivity contribution in [2.24, 2.45) is 11.3 Å². The molecule has 104 valence electrons. The third-order valence-corrected chi connectivity index (χ3v) is 3.48.